The van der Waals surface area contributed by atoms with Crippen LogP contribution in [0.4, 0.5) is 13.2 Å². The number of benzene rings is 1. The number of halogens is 3. The number of hydrogen-bond donors (Lipinski definition) is 0. The molecule has 0 aromatic heterocycles. The monoisotopic (exact) mass is 398 g/mol. The number of carbonyl (C=O) groups is 1. The number of hydrogen-bond acceptors (Lipinski definition) is 3. The predicted octanol–water partition coefficient (Wildman–Crippen LogP) is 6.03. The van der Waals surface area contributed by atoms with E-state index < -0.39 is 17.8 Å². The van der Waals surface area contributed by atoms with E-state index in [2.05, 4.69) is 6.92 Å². The SMILES string of the molecule is Cc1ccc(OC(F)(F)C2CCC(OC(=O)C3CCC(C)CC3)CC2)cc1F. The molecule has 0 heterocycles. The second-order valence-electron chi connectivity index (χ2n) is 8.44. The number of aryl methyl sites for hydroxylation is 1. The van der Waals surface area contributed by atoms with Crippen molar-refractivity contribution in [3.8, 4) is 5.75 Å². The summed E-state index contributed by atoms with van der Waals surface area (Å²) < 4.78 is 53.0. The van der Waals surface area contributed by atoms with Crippen molar-refractivity contribution in [1.82, 2.24) is 0 Å². The van der Waals surface area contributed by atoms with Crippen molar-refractivity contribution in [1.29, 1.82) is 0 Å². The van der Waals surface area contributed by atoms with Gasteiger partial charge in [0.15, 0.2) is 0 Å². The van der Waals surface area contributed by atoms with Crippen LogP contribution >= 0.6 is 0 Å². The van der Waals surface area contributed by atoms with Crippen molar-refractivity contribution in [3.63, 3.8) is 0 Å². The van der Waals surface area contributed by atoms with Crippen LogP contribution in [0.25, 0.3) is 0 Å². The third-order valence-electron chi connectivity index (χ3n) is 6.18. The molecule has 6 heteroatoms. The van der Waals surface area contributed by atoms with E-state index in [1.807, 2.05) is 0 Å². The van der Waals surface area contributed by atoms with Crippen LogP contribution in [0.3, 0.4) is 0 Å². The average Bonchev–Trinajstić information content (AvgIpc) is 2.65. The molecule has 2 fully saturated rings. The van der Waals surface area contributed by atoms with Gasteiger partial charge in [-0.2, -0.15) is 8.78 Å². The molecule has 1 aromatic carbocycles. The molecule has 0 aliphatic heterocycles. The minimum atomic E-state index is -3.38. The smallest absolute Gasteiger partial charge is 0.400 e. The maximum Gasteiger partial charge on any atom is 0.400 e. The van der Waals surface area contributed by atoms with E-state index in [0.717, 1.165) is 31.7 Å². The third-order valence-corrected chi connectivity index (χ3v) is 6.18. The zero-order valence-corrected chi connectivity index (χ0v) is 16.6. The van der Waals surface area contributed by atoms with Gasteiger partial charge in [-0.05, 0) is 75.8 Å². The second-order valence-corrected chi connectivity index (χ2v) is 8.44. The van der Waals surface area contributed by atoms with Crippen LogP contribution in [-0.2, 0) is 9.53 Å². The standard InChI is InChI=1S/C22H29F3O3/c1-14-3-6-16(7-4-14)21(26)27-18-11-8-17(9-12-18)22(24,25)28-19-10-5-15(2)20(23)13-19/h5,10,13-14,16-18H,3-4,6-9,11-12H2,1-2H3. The summed E-state index contributed by atoms with van der Waals surface area (Å²) in [5.41, 5.74) is 0.380. The van der Waals surface area contributed by atoms with E-state index in [0.29, 0.717) is 24.3 Å². The van der Waals surface area contributed by atoms with Gasteiger partial charge < -0.3 is 9.47 Å². The van der Waals surface area contributed by atoms with Crippen LogP contribution in [0.15, 0.2) is 18.2 Å². The molecule has 28 heavy (non-hydrogen) atoms. The lowest BCUT2D eigenvalue weighted by Crippen LogP contribution is -2.39. The highest BCUT2D eigenvalue weighted by atomic mass is 19.3. The first-order valence-corrected chi connectivity index (χ1v) is 10.3. The third kappa shape index (κ3) is 5.21. The van der Waals surface area contributed by atoms with E-state index in [1.165, 1.54) is 12.1 Å². The Morgan fingerprint density at radius 2 is 1.68 bits per heavy atom. The van der Waals surface area contributed by atoms with Crippen molar-refractivity contribution < 1.29 is 27.4 Å². The Bertz CT molecular complexity index is 676. The Kier molecular flexibility index (Phi) is 6.56. The Labute approximate surface area is 164 Å². The highest BCUT2D eigenvalue weighted by Gasteiger charge is 2.44. The highest BCUT2D eigenvalue weighted by molar-refractivity contribution is 5.72. The fourth-order valence-corrected chi connectivity index (χ4v) is 4.15. The first-order valence-electron chi connectivity index (χ1n) is 10.3. The predicted molar refractivity (Wildman–Crippen MR) is 99.7 cm³/mol. The van der Waals surface area contributed by atoms with Gasteiger partial charge in [-0.3, -0.25) is 4.79 Å². The molecule has 0 amide bonds. The number of carbonyl (C=O) groups excluding carboxylic acids is 1. The second kappa shape index (κ2) is 8.75. The largest absolute Gasteiger partial charge is 0.462 e. The maximum absolute atomic E-state index is 14.5. The number of esters is 1. The molecule has 3 nitrogen and oxygen atoms in total. The van der Waals surface area contributed by atoms with Gasteiger partial charge in [0.05, 0.1) is 11.8 Å². The Hall–Kier alpha value is -1.72. The van der Waals surface area contributed by atoms with E-state index in [9.17, 15) is 18.0 Å². The van der Waals surface area contributed by atoms with Gasteiger partial charge >= 0.3 is 12.1 Å². The van der Waals surface area contributed by atoms with Crippen molar-refractivity contribution >= 4 is 5.97 Å². The molecule has 2 aliphatic carbocycles. The molecule has 0 atom stereocenters. The van der Waals surface area contributed by atoms with E-state index >= 15 is 0 Å². The van der Waals surface area contributed by atoms with Crippen molar-refractivity contribution in [2.24, 2.45) is 17.8 Å². The molecule has 0 spiro atoms. The molecule has 0 unspecified atom stereocenters. The van der Waals surface area contributed by atoms with Crippen molar-refractivity contribution in [2.75, 3.05) is 0 Å². The fraction of sp³-hybridized carbons (Fsp3) is 0.682. The van der Waals surface area contributed by atoms with Gasteiger partial charge in [0.1, 0.15) is 17.7 Å². The summed E-state index contributed by atoms with van der Waals surface area (Å²) in [5, 5.41) is 0. The number of rotatable bonds is 5. The summed E-state index contributed by atoms with van der Waals surface area (Å²) in [4.78, 5) is 12.3. The van der Waals surface area contributed by atoms with E-state index in [4.69, 9.17) is 9.47 Å². The Balaban J connectivity index is 1.48. The molecule has 3 rings (SSSR count). The summed E-state index contributed by atoms with van der Waals surface area (Å²) in [6.07, 6.45) is 1.34. The lowest BCUT2D eigenvalue weighted by atomic mass is 9.83. The van der Waals surface area contributed by atoms with Gasteiger partial charge in [0.25, 0.3) is 0 Å². The van der Waals surface area contributed by atoms with Crippen molar-refractivity contribution in [2.45, 2.75) is 77.4 Å². The number of ether oxygens (including phenoxy) is 2. The van der Waals surface area contributed by atoms with Gasteiger partial charge in [-0.25, -0.2) is 4.39 Å². The van der Waals surface area contributed by atoms with Crippen LogP contribution < -0.4 is 4.74 Å². The molecule has 0 N–H and O–H groups in total. The normalized spacial score (nSPS) is 28.6. The molecule has 2 saturated carbocycles. The molecule has 0 radical (unpaired) electrons. The van der Waals surface area contributed by atoms with E-state index in [-0.39, 0.29) is 36.6 Å². The molecule has 156 valence electrons. The summed E-state index contributed by atoms with van der Waals surface area (Å²) in [6, 6.07) is 3.76. The summed E-state index contributed by atoms with van der Waals surface area (Å²) in [6.45, 7) is 3.75. The molecule has 1 aromatic rings. The van der Waals surface area contributed by atoms with Crippen LogP contribution in [0.2, 0.25) is 0 Å². The fourth-order valence-electron chi connectivity index (χ4n) is 4.15. The topological polar surface area (TPSA) is 35.5 Å². The summed E-state index contributed by atoms with van der Waals surface area (Å²) >= 11 is 0. The van der Waals surface area contributed by atoms with E-state index in [1.54, 1.807) is 6.92 Å². The first kappa shape index (κ1) is 21.0. The Morgan fingerprint density at radius 1 is 1.04 bits per heavy atom. The minimum Gasteiger partial charge on any atom is -0.462 e. The quantitative estimate of drug-likeness (QED) is 0.568. The van der Waals surface area contributed by atoms with Crippen molar-refractivity contribution in [3.05, 3.63) is 29.6 Å². The summed E-state index contributed by atoms with van der Waals surface area (Å²) in [5.74, 6) is -1.27. The molecular formula is C22H29F3O3. The molecule has 2 aliphatic rings. The average molecular weight is 398 g/mol. The minimum absolute atomic E-state index is 0.0462. The van der Waals surface area contributed by atoms with Crippen LogP contribution in [0, 0.1) is 30.5 Å². The Morgan fingerprint density at radius 3 is 2.29 bits per heavy atom. The zero-order valence-electron chi connectivity index (χ0n) is 16.6. The lowest BCUT2D eigenvalue weighted by Gasteiger charge is -2.34. The number of alkyl halides is 2. The molecule has 0 saturated heterocycles. The van der Waals surface area contributed by atoms with Crippen LogP contribution in [0.5, 0.6) is 5.75 Å². The summed E-state index contributed by atoms with van der Waals surface area (Å²) in [7, 11) is 0. The molecule has 0 bridgehead atoms. The van der Waals surface area contributed by atoms with Crippen LogP contribution in [0.1, 0.15) is 63.9 Å². The maximum atomic E-state index is 14.5. The lowest BCUT2D eigenvalue weighted by molar-refractivity contribution is -0.225. The van der Waals surface area contributed by atoms with Gasteiger partial charge in [-0.15, -0.1) is 0 Å². The highest BCUT2D eigenvalue weighted by Crippen LogP contribution is 2.39. The van der Waals surface area contributed by atoms with Gasteiger partial charge in [0, 0.05) is 6.07 Å². The first-order chi connectivity index (χ1) is 13.2. The molecular weight excluding hydrogens is 369 g/mol. The van der Waals surface area contributed by atoms with Gasteiger partial charge in [-0.1, -0.05) is 13.0 Å². The van der Waals surface area contributed by atoms with Crippen LogP contribution in [-0.4, -0.2) is 18.2 Å². The van der Waals surface area contributed by atoms with Gasteiger partial charge in [0.2, 0.25) is 0 Å². The zero-order chi connectivity index (χ0) is 20.3.